The van der Waals surface area contributed by atoms with Crippen LogP contribution >= 0.6 is 15.9 Å². The van der Waals surface area contributed by atoms with E-state index in [1.807, 2.05) is 12.1 Å². The molecule has 0 radical (unpaired) electrons. The molecule has 0 heterocycles. The van der Waals surface area contributed by atoms with E-state index in [1.165, 1.54) is 5.56 Å². The van der Waals surface area contributed by atoms with Crippen molar-refractivity contribution in [2.45, 2.75) is 52.5 Å². The van der Waals surface area contributed by atoms with E-state index in [-0.39, 0.29) is 5.54 Å². The molecule has 1 rings (SSSR count). The van der Waals surface area contributed by atoms with Crippen LogP contribution in [-0.2, 0) is 0 Å². The topological polar surface area (TPSA) is 21.3 Å². The molecule has 0 bridgehead atoms. The zero-order chi connectivity index (χ0) is 14.5. The maximum Gasteiger partial charge on any atom is 0.122 e. The molecule has 0 aliphatic carbocycles. The molecule has 2 nitrogen and oxygen atoms in total. The Morgan fingerprint density at radius 2 is 2.00 bits per heavy atom. The van der Waals surface area contributed by atoms with Crippen molar-refractivity contribution < 1.29 is 4.74 Å². The number of hydrogen-bond donors (Lipinski definition) is 1. The van der Waals surface area contributed by atoms with Crippen LogP contribution in [0.5, 0.6) is 5.75 Å². The fourth-order valence-electron chi connectivity index (χ4n) is 1.78. The van der Waals surface area contributed by atoms with Gasteiger partial charge in [0, 0.05) is 16.6 Å². The largest absolute Gasteiger partial charge is 0.492 e. The number of nitrogens with one attached hydrogen (secondary N) is 1. The lowest BCUT2D eigenvalue weighted by molar-refractivity contribution is 0.278. The standard InChI is InChI=1S/C16H26BrNO/c1-6-16(4,5)18-9-10-19-15-8-7-13(17)11-14(15)12(2)3/h7-8,11-12,18H,6,9-10H2,1-5H3. The molecule has 3 heteroatoms. The van der Waals surface area contributed by atoms with Crippen LogP contribution in [0.1, 0.15) is 52.5 Å². The minimum absolute atomic E-state index is 0.184. The van der Waals surface area contributed by atoms with Gasteiger partial charge in [-0.25, -0.2) is 0 Å². The second-order valence-electron chi connectivity index (χ2n) is 5.85. The average Bonchev–Trinajstić information content (AvgIpc) is 2.36. The predicted molar refractivity (Wildman–Crippen MR) is 86.1 cm³/mol. The molecule has 1 N–H and O–H groups in total. The van der Waals surface area contributed by atoms with Crippen LogP contribution in [0.2, 0.25) is 0 Å². The smallest absolute Gasteiger partial charge is 0.122 e. The quantitative estimate of drug-likeness (QED) is 0.731. The van der Waals surface area contributed by atoms with Gasteiger partial charge in [-0.2, -0.15) is 0 Å². The van der Waals surface area contributed by atoms with Crippen LogP contribution in [0, 0.1) is 0 Å². The van der Waals surface area contributed by atoms with E-state index in [9.17, 15) is 0 Å². The molecule has 0 saturated heterocycles. The summed E-state index contributed by atoms with van der Waals surface area (Å²) in [7, 11) is 0. The summed E-state index contributed by atoms with van der Waals surface area (Å²) in [4.78, 5) is 0. The van der Waals surface area contributed by atoms with Crippen LogP contribution in [0.15, 0.2) is 22.7 Å². The molecule has 0 aromatic heterocycles. The maximum absolute atomic E-state index is 5.91. The summed E-state index contributed by atoms with van der Waals surface area (Å²) in [6.07, 6.45) is 1.11. The molecule has 1 aromatic carbocycles. The Kier molecular flexibility index (Phi) is 6.34. The molecule has 0 saturated carbocycles. The van der Waals surface area contributed by atoms with Crippen molar-refractivity contribution in [3.63, 3.8) is 0 Å². The van der Waals surface area contributed by atoms with Crippen molar-refractivity contribution in [3.05, 3.63) is 28.2 Å². The molecule has 0 unspecified atom stereocenters. The fraction of sp³-hybridized carbons (Fsp3) is 0.625. The van der Waals surface area contributed by atoms with Gasteiger partial charge in [0.05, 0.1) is 0 Å². The van der Waals surface area contributed by atoms with Crippen molar-refractivity contribution in [1.29, 1.82) is 0 Å². The SMILES string of the molecule is CCC(C)(C)NCCOc1ccc(Br)cc1C(C)C. The Bertz CT molecular complexity index is 402. The third kappa shape index (κ3) is 5.53. The summed E-state index contributed by atoms with van der Waals surface area (Å²) in [5.41, 5.74) is 1.44. The second kappa shape index (κ2) is 7.30. The van der Waals surface area contributed by atoms with E-state index in [1.54, 1.807) is 0 Å². The first-order valence-electron chi connectivity index (χ1n) is 7.03. The van der Waals surface area contributed by atoms with Crippen LogP contribution < -0.4 is 10.1 Å². The molecule has 0 fully saturated rings. The molecule has 0 spiro atoms. The minimum atomic E-state index is 0.184. The van der Waals surface area contributed by atoms with Gasteiger partial charge in [-0.15, -0.1) is 0 Å². The molecule has 1 aromatic rings. The second-order valence-corrected chi connectivity index (χ2v) is 6.77. The zero-order valence-corrected chi connectivity index (χ0v) is 14.3. The Balaban J connectivity index is 2.54. The monoisotopic (exact) mass is 327 g/mol. The van der Waals surface area contributed by atoms with Crippen molar-refractivity contribution in [1.82, 2.24) is 5.32 Å². The lowest BCUT2D eigenvalue weighted by atomic mass is 10.0. The van der Waals surface area contributed by atoms with Gasteiger partial charge in [-0.1, -0.05) is 36.7 Å². The van der Waals surface area contributed by atoms with Crippen LogP contribution in [0.3, 0.4) is 0 Å². The van der Waals surface area contributed by atoms with Gasteiger partial charge >= 0.3 is 0 Å². The highest BCUT2D eigenvalue weighted by Crippen LogP contribution is 2.29. The number of rotatable bonds is 7. The molecule has 0 atom stereocenters. The average molecular weight is 328 g/mol. The molecule has 0 amide bonds. The first-order chi connectivity index (χ1) is 8.85. The van der Waals surface area contributed by atoms with Crippen LogP contribution in [0.4, 0.5) is 0 Å². The van der Waals surface area contributed by atoms with Crippen LogP contribution in [-0.4, -0.2) is 18.7 Å². The van der Waals surface area contributed by atoms with Gasteiger partial charge < -0.3 is 10.1 Å². The van der Waals surface area contributed by atoms with Crippen LogP contribution in [0.25, 0.3) is 0 Å². The molecule has 19 heavy (non-hydrogen) atoms. The van der Waals surface area contributed by atoms with E-state index in [4.69, 9.17) is 4.74 Å². The summed E-state index contributed by atoms with van der Waals surface area (Å²) >= 11 is 3.51. The molecular weight excluding hydrogens is 302 g/mol. The lowest BCUT2D eigenvalue weighted by Crippen LogP contribution is -2.40. The summed E-state index contributed by atoms with van der Waals surface area (Å²) < 4.78 is 7.02. The van der Waals surface area contributed by atoms with Gasteiger partial charge in [0.1, 0.15) is 12.4 Å². The number of benzene rings is 1. The minimum Gasteiger partial charge on any atom is -0.492 e. The first-order valence-corrected chi connectivity index (χ1v) is 7.82. The maximum atomic E-state index is 5.91. The highest BCUT2D eigenvalue weighted by atomic mass is 79.9. The Morgan fingerprint density at radius 3 is 2.58 bits per heavy atom. The molecular formula is C16H26BrNO. The van der Waals surface area contributed by atoms with Gasteiger partial charge in [0.15, 0.2) is 0 Å². The van der Waals surface area contributed by atoms with Crippen molar-refractivity contribution >= 4 is 15.9 Å². The third-order valence-electron chi connectivity index (χ3n) is 3.44. The normalized spacial score (nSPS) is 11.9. The number of hydrogen-bond acceptors (Lipinski definition) is 2. The van der Waals surface area contributed by atoms with Gasteiger partial charge in [-0.3, -0.25) is 0 Å². The van der Waals surface area contributed by atoms with Crippen molar-refractivity contribution in [2.24, 2.45) is 0 Å². The summed E-state index contributed by atoms with van der Waals surface area (Å²) in [5, 5.41) is 3.50. The summed E-state index contributed by atoms with van der Waals surface area (Å²) in [6, 6.07) is 6.22. The predicted octanol–water partition coefficient (Wildman–Crippen LogP) is 4.73. The first kappa shape index (κ1) is 16.5. The Morgan fingerprint density at radius 1 is 1.32 bits per heavy atom. The molecule has 0 aliphatic heterocycles. The summed E-state index contributed by atoms with van der Waals surface area (Å²) in [6.45, 7) is 12.6. The number of ether oxygens (including phenoxy) is 1. The van der Waals surface area contributed by atoms with Gasteiger partial charge in [0.25, 0.3) is 0 Å². The van der Waals surface area contributed by atoms with E-state index in [2.05, 4.69) is 61.9 Å². The molecule has 0 aliphatic rings. The zero-order valence-electron chi connectivity index (χ0n) is 12.7. The van der Waals surface area contributed by atoms with E-state index in [0.717, 1.165) is 23.2 Å². The van der Waals surface area contributed by atoms with Crippen molar-refractivity contribution in [2.75, 3.05) is 13.2 Å². The van der Waals surface area contributed by atoms with E-state index < -0.39 is 0 Å². The third-order valence-corrected chi connectivity index (χ3v) is 3.93. The van der Waals surface area contributed by atoms with Gasteiger partial charge in [0.2, 0.25) is 0 Å². The van der Waals surface area contributed by atoms with E-state index >= 15 is 0 Å². The van der Waals surface area contributed by atoms with E-state index in [0.29, 0.717) is 12.5 Å². The lowest BCUT2D eigenvalue weighted by Gasteiger charge is -2.24. The van der Waals surface area contributed by atoms with Crippen molar-refractivity contribution in [3.8, 4) is 5.75 Å². The fourth-order valence-corrected chi connectivity index (χ4v) is 2.16. The highest BCUT2D eigenvalue weighted by molar-refractivity contribution is 9.10. The number of halogens is 1. The Hall–Kier alpha value is -0.540. The highest BCUT2D eigenvalue weighted by Gasteiger charge is 2.13. The summed E-state index contributed by atoms with van der Waals surface area (Å²) in [5.74, 6) is 1.46. The molecule has 108 valence electrons. The van der Waals surface area contributed by atoms with Gasteiger partial charge in [-0.05, 0) is 49.9 Å². The Labute approximate surface area is 126 Å².